The maximum absolute atomic E-state index is 6.26. The summed E-state index contributed by atoms with van der Waals surface area (Å²) in [6.45, 7) is 0. The lowest BCUT2D eigenvalue weighted by Crippen LogP contribution is -2.08. The van der Waals surface area contributed by atoms with Crippen LogP contribution in [0.3, 0.4) is 0 Å². The molecule has 0 amide bonds. The van der Waals surface area contributed by atoms with Crippen LogP contribution in [-0.2, 0) is 6.42 Å². The van der Waals surface area contributed by atoms with Crippen molar-refractivity contribution in [3.63, 3.8) is 0 Å². The average Bonchev–Trinajstić information content (AvgIpc) is 2.27. The molecule has 3 rings (SSSR count). The van der Waals surface area contributed by atoms with E-state index in [-0.39, 0.29) is 5.38 Å². The molecule has 1 atom stereocenters. The molecule has 0 spiro atoms. The predicted octanol–water partition coefficient (Wildman–Crippen LogP) is 3.25. The van der Waals surface area contributed by atoms with Crippen LogP contribution in [0.1, 0.15) is 29.5 Å². The zero-order valence-corrected chi connectivity index (χ0v) is 9.04. The van der Waals surface area contributed by atoms with Gasteiger partial charge in [0.2, 0.25) is 0 Å². The highest BCUT2D eigenvalue weighted by Gasteiger charge is 2.20. The quantitative estimate of drug-likeness (QED) is 0.635. The van der Waals surface area contributed by atoms with E-state index in [1.165, 1.54) is 5.56 Å². The highest BCUT2D eigenvalue weighted by molar-refractivity contribution is 6.20. The van der Waals surface area contributed by atoms with Crippen LogP contribution >= 0.6 is 11.6 Å². The molecule has 2 aromatic rings. The van der Waals surface area contributed by atoms with Gasteiger partial charge in [0.1, 0.15) is 0 Å². The molecule has 0 bridgehead atoms. The summed E-state index contributed by atoms with van der Waals surface area (Å²) < 4.78 is 0. The van der Waals surface area contributed by atoms with Crippen LogP contribution in [0.15, 0.2) is 24.4 Å². The molecule has 0 aliphatic heterocycles. The number of fused-ring (bicyclic) bond motifs is 2. The van der Waals surface area contributed by atoms with Gasteiger partial charge in [0, 0.05) is 11.6 Å². The summed E-state index contributed by atoms with van der Waals surface area (Å²) in [6, 6.07) is 6.17. The minimum Gasteiger partial charge on any atom is -0.237 e. The van der Waals surface area contributed by atoms with Crippen LogP contribution in [0, 0.1) is 0 Å². The van der Waals surface area contributed by atoms with Gasteiger partial charge in [-0.15, -0.1) is 11.6 Å². The fourth-order valence-corrected chi connectivity index (χ4v) is 2.49. The first-order valence-corrected chi connectivity index (χ1v) is 5.67. The van der Waals surface area contributed by atoms with Crippen molar-refractivity contribution in [2.24, 2.45) is 0 Å². The Hall–Kier alpha value is -1.15. The maximum Gasteiger partial charge on any atom is 0.159 e. The van der Waals surface area contributed by atoms with E-state index >= 15 is 0 Å². The Morgan fingerprint density at radius 1 is 1.40 bits per heavy atom. The number of nitrogens with zero attached hydrogens (tertiary/aromatic N) is 2. The molecule has 2 aromatic heterocycles. The number of rotatable bonds is 0. The Morgan fingerprint density at radius 2 is 2.33 bits per heavy atom. The van der Waals surface area contributed by atoms with Crippen LogP contribution in [0.4, 0.5) is 0 Å². The second-order valence-corrected chi connectivity index (χ2v) is 4.47. The van der Waals surface area contributed by atoms with E-state index in [0.29, 0.717) is 0 Å². The largest absolute Gasteiger partial charge is 0.237 e. The number of aryl methyl sites for hydroxylation is 1. The summed E-state index contributed by atoms with van der Waals surface area (Å²) in [6.07, 6.45) is 5.05. The van der Waals surface area contributed by atoms with Gasteiger partial charge in [0.15, 0.2) is 5.65 Å². The molecule has 1 aliphatic carbocycles. The molecule has 1 unspecified atom stereocenters. The Kier molecular flexibility index (Phi) is 2.10. The molecule has 0 fully saturated rings. The molecule has 15 heavy (non-hydrogen) atoms. The summed E-state index contributed by atoms with van der Waals surface area (Å²) in [5.74, 6) is 0. The first-order chi connectivity index (χ1) is 7.34. The standard InChI is InChI=1S/C12H11ClN2/c13-10-5-1-3-8-7-9-4-2-6-14-12(9)15-11(8)10/h2,4,6-7,10H,1,3,5H2. The molecular weight excluding hydrogens is 208 g/mol. The second-order valence-electron chi connectivity index (χ2n) is 3.94. The van der Waals surface area contributed by atoms with E-state index in [9.17, 15) is 0 Å². The number of halogens is 1. The molecule has 1 aliphatic rings. The highest BCUT2D eigenvalue weighted by Crippen LogP contribution is 2.34. The zero-order chi connectivity index (χ0) is 10.3. The molecule has 0 aromatic carbocycles. The van der Waals surface area contributed by atoms with E-state index in [0.717, 1.165) is 36.0 Å². The van der Waals surface area contributed by atoms with Crippen LogP contribution in [0.5, 0.6) is 0 Å². The summed E-state index contributed by atoms with van der Waals surface area (Å²) in [5.41, 5.74) is 3.14. The molecule has 0 N–H and O–H groups in total. The third-order valence-electron chi connectivity index (χ3n) is 2.90. The van der Waals surface area contributed by atoms with E-state index in [4.69, 9.17) is 11.6 Å². The molecule has 2 heterocycles. The van der Waals surface area contributed by atoms with Crippen molar-refractivity contribution in [3.05, 3.63) is 35.7 Å². The SMILES string of the molecule is ClC1CCCc2cc3cccnc3nc21. The van der Waals surface area contributed by atoms with E-state index in [2.05, 4.69) is 16.0 Å². The third kappa shape index (κ3) is 1.49. The first-order valence-electron chi connectivity index (χ1n) is 5.23. The average molecular weight is 219 g/mol. The van der Waals surface area contributed by atoms with Crippen LogP contribution in [-0.4, -0.2) is 9.97 Å². The highest BCUT2D eigenvalue weighted by atomic mass is 35.5. The van der Waals surface area contributed by atoms with Gasteiger partial charge < -0.3 is 0 Å². The van der Waals surface area contributed by atoms with Crippen LogP contribution in [0.25, 0.3) is 11.0 Å². The smallest absolute Gasteiger partial charge is 0.159 e. The number of aromatic nitrogens is 2. The molecule has 0 saturated heterocycles. The van der Waals surface area contributed by atoms with E-state index in [1.807, 2.05) is 12.1 Å². The lowest BCUT2D eigenvalue weighted by molar-refractivity contribution is 0.652. The van der Waals surface area contributed by atoms with Gasteiger partial charge in [-0.3, -0.25) is 0 Å². The van der Waals surface area contributed by atoms with Crippen molar-refractivity contribution >= 4 is 22.6 Å². The van der Waals surface area contributed by atoms with Gasteiger partial charge in [-0.2, -0.15) is 0 Å². The number of alkyl halides is 1. The molecule has 0 saturated carbocycles. The van der Waals surface area contributed by atoms with Gasteiger partial charge >= 0.3 is 0 Å². The number of hydrogen-bond donors (Lipinski definition) is 0. The Balaban J connectivity index is 2.27. The minimum atomic E-state index is 0.0696. The Bertz CT molecular complexity index is 510. The van der Waals surface area contributed by atoms with Gasteiger partial charge in [0.05, 0.1) is 11.1 Å². The summed E-state index contributed by atoms with van der Waals surface area (Å²) >= 11 is 6.26. The Labute approximate surface area is 93.3 Å². The molecular formula is C12H11ClN2. The second kappa shape index (κ2) is 3.46. The monoisotopic (exact) mass is 218 g/mol. The predicted molar refractivity (Wildman–Crippen MR) is 61.1 cm³/mol. The summed E-state index contributed by atoms with van der Waals surface area (Å²) in [7, 11) is 0. The van der Waals surface area contributed by atoms with Gasteiger partial charge in [0.25, 0.3) is 0 Å². The van der Waals surface area contributed by atoms with E-state index < -0.39 is 0 Å². The lowest BCUT2D eigenvalue weighted by Gasteiger charge is -2.19. The normalized spacial score (nSPS) is 20.2. The van der Waals surface area contributed by atoms with Crippen molar-refractivity contribution in [2.45, 2.75) is 24.6 Å². The maximum atomic E-state index is 6.26. The summed E-state index contributed by atoms with van der Waals surface area (Å²) in [5, 5.41) is 1.18. The third-order valence-corrected chi connectivity index (χ3v) is 3.33. The van der Waals surface area contributed by atoms with Crippen LogP contribution < -0.4 is 0 Å². The molecule has 76 valence electrons. The molecule has 0 radical (unpaired) electrons. The number of pyridine rings is 2. The van der Waals surface area contributed by atoms with Crippen molar-refractivity contribution in [2.75, 3.05) is 0 Å². The first kappa shape index (κ1) is 9.10. The zero-order valence-electron chi connectivity index (χ0n) is 8.28. The van der Waals surface area contributed by atoms with Crippen molar-refractivity contribution < 1.29 is 0 Å². The fraction of sp³-hybridized carbons (Fsp3) is 0.333. The van der Waals surface area contributed by atoms with Crippen molar-refractivity contribution in [3.8, 4) is 0 Å². The number of hydrogen-bond acceptors (Lipinski definition) is 2. The van der Waals surface area contributed by atoms with Gasteiger partial charge in [-0.1, -0.05) is 0 Å². The summed E-state index contributed by atoms with van der Waals surface area (Å²) in [4.78, 5) is 8.81. The van der Waals surface area contributed by atoms with E-state index in [1.54, 1.807) is 6.20 Å². The lowest BCUT2D eigenvalue weighted by atomic mass is 9.95. The van der Waals surface area contributed by atoms with Crippen molar-refractivity contribution in [1.82, 2.24) is 9.97 Å². The molecule has 3 heteroatoms. The Morgan fingerprint density at radius 3 is 3.27 bits per heavy atom. The minimum absolute atomic E-state index is 0.0696. The van der Waals surface area contributed by atoms with Crippen LogP contribution in [0.2, 0.25) is 0 Å². The van der Waals surface area contributed by atoms with Crippen molar-refractivity contribution in [1.29, 1.82) is 0 Å². The molecule has 2 nitrogen and oxygen atoms in total. The fourth-order valence-electron chi connectivity index (χ4n) is 2.14. The van der Waals surface area contributed by atoms with Gasteiger partial charge in [-0.05, 0) is 43.0 Å². The topological polar surface area (TPSA) is 25.8 Å². The van der Waals surface area contributed by atoms with Gasteiger partial charge in [-0.25, -0.2) is 9.97 Å².